The molecule has 2 N–H and O–H groups in total. The van der Waals surface area contributed by atoms with Gasteiger partial charge in [-0.25, -0.2) is 8.42 Å². The van der Waals surface area contributed by atoms with Crippen LogP contribution in [0.5, 0.6) is 0 Å². The molecule has 2 aromatic rings. The SMILES string of the molecule is CCS(=O)(=O)c1ccc(CN2CCC3(CC2)O[C@H](C)Cc2cc(C(N)=O)sc23)cc1. The van der Waals surface area contributed by atoms with E-state index in [2.05, 4.69) is 11.8 Å². The minimum atomic E-state index is -3.17. The van der Waals surface area contributed by atoms with Crippen LogP contribution < -0.4 is 5.73 Å². The second-order valence-corrected chi connectivity index (χ2v) is 11.6. The number of amides is 1. The van der Waals surface area contributed by atoms with Gasteiger partial charge in [0.25, 0.3) is 5.91 Å². The summed E-state index contributed by atoms with van der Waals surface area (Å²) in [7, 11) is -3.17. The molecule has 4 rings (SSSR count). The van der Waals surface area contributed by atoms with Crippen molar-refractivity contribution in [2.24, 2.45) is 5.73 Å². The van der Waals surface area contributed by atoms with Crippen molar-refractivity contribution in [1.82, 2.24) is 4.90 Å². The van der Waals surface area contributed by atoms with Crippen LogP contribution in [0.15, 0.2) is 35.2 Å². The van der Waals surface area contributed by atoms with Crippen LogP contribution in [-0.2, 0) is 33.1 Å². The van der Waals surface area contributed by atoms with E-state index < -0.39 is 9.84 Å². The fourth-order valence-corrected chi connectivity index (χ4v) is 6.64. The van der Waals surface area contributed by atoms with E-state index in [1.807, 2.05) is 18.2 Å². The maximum Gasteiger partial charge on any atom is 0.258 e. The normalized spacial score (nSPS) is 21.5. The van der Waals surface area contributed by atoms with E-state index in [0.717, 1.165) is 44.5 Å². The van der Waals surface area contributed by atoms with Crippen molar-refractivity contribution >= 4 is 27.1 Å². The Bertz CT molecular complexity index is 1040. The monoisotopic (exact) mass is 448 g/mol. The molecule has 0 radical (unpaired) electrons. The number of primary amides is 1. The number of piperidine rings is 1. The van der Waals surface area contributed by atoms with E-state index in [1.165, 1.54) is 21.8 Å². The first-order valence-electron chi connectivity index (χ1n) is 10.4. The van der Waals surface area contributed by atoms with Crippen LogP contribution in [0.3, 0.4) is 0 Å². The lowest BCUT2D eigenvalue weighted by Crippen LogP contribution is -2.47. The molecule has 1 aromatic carbocycles. The summed E-state index contributed by atoms with van der Waals surface area (Å²) in [6.07, 6.45) is 2.67. The Labute approximate surface area is 181 Å². The Kier molecular flexibility index (Phi) is 5.78. The number of fused-ring (bicyclic) bond motifs is 2. The average Bonchev–Trinajstić information content (AvgIpc) is 3.15. The van der Waals surface area contributed by atoms with E-state index in [1.54, 1.807) is 19.1 Å². The number of hydrogen-bond acceptors (Lipinski definition) is 6. The van der Waals surface area contributed by atoms with Crippen LogP contribution in [0, 0.1) is 0 Å². The summed E-state index contributed by atoms with van der Waals surface area (Å²) >= 11 is 1.49. The quantitative estimate of drug-likeness (QED) is 0.759. The molecule has 1 atom stereocenters. The Morgan fingerprint density at radius 2 is 1.93 bits per heavy atom. The van der Waals surface area contributed by atoms with Crippen molar-refractivity contribution in [2.75, 3.05) is 18.8 Å². The second kappa shape index (κ2) is 8.07. The third-order valence-electron chi connectivity index (χ3n) is 6.13. The lowest BCUT2D eigenvalue weighted by molar-refractivity contribution is -0.131. The first-order chi connectivity index (χ1) is 14.2. The van der Waals surface area contributed by atoms with E-state index >= 15 is 0 Å². The van der Waals surface area contributed by atoms with Gasteiger partial charge in [-0.1, -0.05) is 19.1 Å². The Hall–Kier alpha value is -1.74. The van der Waals surface area contributed by atoms with Crippen LogP contribution >= 0.6 is 11.3 Å². The lowest BCUT2D eigenvalue weighted by Gasteiger charge is -2.45. The number of nitrogens with zero attached hydrogens (tertiary/aromatic N) is 1. The molecule has 3 heterocycles. The zero-order chi connectivity index (χ0) is 21.5. The highest BCUT2D eigenvalue weighted by Gasteiger charge is 2.44. The molecule has 1 saturated heterocycles. The third-order valence-corrected chi connectivity index (χ3v) is 9.26. The average molecular weight is 449 g/mol. The summed E-state index contributed by atoms with van der Waals surface area (Å²) in [4.78, 5) is 16.2. The smallest absolute Gasteiger partial charge is 0.258 e. The number of thiophene rings is 1. The van der Waals surface area contributed by atoms with E-state index in [-0.39, 0.29) is 23.4 Å². The maximum atomic E-state index is 12.0. The summed E-state index contributed by atoms with van der Waals surface area (Å²) < 4.78 is 30.4. The van der Waals surface area contributed by atoms with Crippen molar-refractivity contribution in [3.63, 3.8) is 0 Å². The van der Waals surface area contributed by atoms with E-state index in [4.69, 9.17) is 10.5 Å². The lowest BCUT2D eigenvalue weighted by atomic mass is 9.84. The number of benzene rings is 1. The molecule has 0 unspecified atom stereocenters. The highest BCUT2D eigenvalue weighted by molar-refractivity contribution is 7.91. The van der Waals surface area contributed by atoms with Crippen LogP contribution in [0.2, 0.25) is 0 Å². The molecule has 1 fully saturated rings. The van der Waals surface area contributed by atoms with Gasteiger partial charge in [0.05, 0.1) is 21.6 Å². The number of rotatable bonds is 5. The first-order valence-corrected chi connectivity index (χ1v) is 12.8. The van der Waals surface area contributed by atoms with Gasteiger partial charge in [0.15, 0.2) is 9.84 Å². The van der Waals surface area contributed by atoms with Crippen molar-refractivity contribution in [2.45, 2.75) is 56.3 Å². The van der Waals surface area contributed by atoms with Gasteiger partial charge in [0, 0.05) is 24.5 Å². The first kappa shape index (κ1) is 21.5. The van der Waals surface area contributed by atoms with Gasteiger partial charge in [0.1, 0.15) is 5.60 Å². The summed E-state index contributed by atoms with van der Waals surface area (Å²) in [5, 5.41) is 0. The number of sulfone groups is 1. The van der Waals surface area contributed by atoms with Crippen molar-refractivity contribution < 1.29 is 17.9 Å². The van der Waals surface area contributed by atoms with Gasteiger partial charge in [-0.3, -0.25) is 9.69 Å². The molecule has 2 aliphatic heterocycles. The van der Waals surface area contributed by atoms with Crippen LogP contribution in [0.4, 0.5) is 0 Å². The van der Waals surface area contributed by atoms with Crippen LogP contribution in [0.1, 0.15) is 52.4 Å². The summed E-state index contributed by atoms with van der Waals surface area (Å²) in [5.74, 6) is -0.260. The van der Waals surface area contributed by atoms with E-state index in [9.17, 15) is 13.2 Å². The molecule has 30 heavy (non-hydrogen) atoms. The second-order valence-electron chi connectivity index (χ2n) is 8.28. The summed E-state index contributed by atoms with van der Waals surface area (Å²) in [6, 6.07) is 9.16. The van der Waals surface area contributed by atoms with Gasteiger partial charge in [-0.2, -0.15) is 0 Å². The number of carbonyl (C=O) groups is 1. The maximum absolute atomic E-state index is 12.0. The Morgan fingerprint density at radius 1 is 1.27 bits per heavy atom. The molecular weight excluding hydrogens is 420 g/mol. The molecule has 0 aliphatic carbocycles. The molecule has 0 saturated carbocycles. The topological polar surface area (TPSA) is 89.7 Å². The highest BCUT2D eigenvalue weighted by atomic mass is 32.2. The Morgan fingerprint density at radius 3 is 2.53 bits per heavy atom. The highest BCUT2D eigenvalue weighted by Crippen LogP contribution is 2.47. The van der Waals surface area contributed by atoms with E-state index in [0.29, 0.717) is 9.77 Å². The molecule has 0 bridgehead atoms. The molecule has 1 aromatic heterocycles. The molecule has 1 spiro atoms. The standard InChI is InChI=1S/C22H28N2O4S2/c1-3-30(26,27)18-6-4-16(5-7-18)14-24-10-8-22(9-11-24)20-17(12-15(2)28-22)13-19(29-20)21(23)25/h4-7,13,15H,3,8-12,14H2,1-2H3,(H2,23,25)/t15-/m1/s1. The zero-order valence-electron chi connectivity index (χ0n) is 17.4. The molecule has 8 heteroatoms. The third kappa shape index (κ3) is 4.06. The fourth-order valence-electron chi connectivity index (χ4n) is 4.52. The van der Waals surface area contributed by atoms with Gasteiger partial charge >= 0.3 is 0 Å². The molecule has 2 aliphatic rings. The molecule has 1 amide bonds. The fraction of sp³-hybridized carbons (Fsp3) is 0.500. The van der Waals surface area contributed by atoms with Crippen LogP contribution in [0.25, 0.3) is 0 Å². The van der Waals surface area contributed by atoms with Crippen molar-refractivity contribution in [1.29, 1.82) is 0 Å². The van der Waals surface area contributed by atoms with Gasteiger partial charge < -0.3 is 10.5 Å². The van der Waals surface area contributed by atoms with Gasteiger partial charge in [0.2, 0.25) is 0 Å². The Balaban J connectivity index is 1.46. The summed E-state index contributed by atoms with van der Waals surface area (Å²) in [5.41, 5.74) is 7.49. The zero-order valence-corrected chi connectivity index (χ0v) is 19.0. The number of likely N-dealkylation sites (tertiary alicyclic amines) is 1. The molecule has 162 valence electrons. The number of nitrogens with two attached hydrogens (primary N) is 1. The number of ether oxygens (including phenoxy) is 1. The molecular formula is C22H28N2O4S2. The molecule has 6 nitrogen and oxygen atoms in total. The summed E-state index contributed by atoms with van der Waals surface area (Å²) in [6.45, 7) is 6.29. The van der Waals surface area contributed by atoms with Gasteiger partial charge in [-0.05, 0) is 55.5 Å². The predicted molar refractivity (Wildman–Crippen MR) is 117 cm³/mol. The number of carbonyl (C=O) groups excluding carboxylic acids is 1. The largest absolute Gasteiger partial charge is 0.366 e. The van der Waals surface area contributed by atoms with Crippen molar-refractivity contribution in [3.8, 4) is 0 Å². The van der Waals surface area contributed by atoms with Crippen molar-refractivity contribution in [3.05, 3.63) is 51.2 Å². The van der Waals surface area contributed by atoms with Crippen LogP contribution in [-0.4, -0.2) is 44.2 Å². The van der Waals surface area contributed by atoms with Gasteiger partial charge in [-0.15, -0.1) is 11.3 Å². The minimum absolute atomic E-state index is 0.112. The number of hydrogen-bond donors (Lipinski definition) is 1. The predicted octanol–water partition coefficient (Wildman–Crippen LogP) is 3.09. The minimum Gasteiger partial charge on any atom is -0.366 e.